The Bertz CT molecular complexity index is 443. The predicted molar refractivity (Wildman–Crippen MR) is 40.3 cm³/mol. The van der Waals surface area contributed by atoms with Gasteiger partial charge in [0.1, 0.15) is 0 Å². The maximum absolute atomic E-state index is 10.9. The standard InChI is InChI=1S/C8H6NO2.Y/c1-9-6-4-2-3-5-7(6)11-8(9)10;/h2,4-5H,1H3;/q-1;. The first kappa shape index (κ1) is 9.68. The van der Waals surface area contributed by atoms with Gasteiger partial charge in [-0.2, -0.15) is 12.1 Å². The van der Waals surface area contributed by atoms with Crippen LogP contribution in [0.2, 0.25) is 0 Å². The van der Waals surface area contributed by atoms with Crippen molar-refractivity contribution in [3.05, 3.63) is 34.8 Å². The molecular weight excluding hydrogens is 231 g/mol. The van der Waals surface area contributed by atoms with E-state index in [1.807, 2.05) is 0 Å². The predicted octanol–water partition coefficient (Wildman–Crippen LogP) is 0.929. The molecule has 4 heteroatoms. The van der Waals surface area contributed by atoms with E-state index in [9.17, 15) is 4.79 Å². The van der Waals surface area contributed by atoms with Crippen LogP contribution in [0.5, 0.6) is 0 Å². The molecule has 0 aliphatic carbocycles. The SMILES string of the molecule is Cn1c(=O)oc2c[c-]ccc21.[Y]. The van der Waals surface area contributed by atoms with Gasteiger partial charge in [0.25, 0.3) is 0 Å². The second-order valence-corrected chi connectivity index (χ2v) is 2.32. The van der Waals surface area contributed by atoms with E-state index < -0.39 is 0 Å². The summed E-state index contributed by atoms with van der Waals surface area (Å²) in [7, 11) is 1.67. The van der Waals surface area contributed by atoms with Crippen molar-refractivity contribution in [3.8, 4) is 0 Å². The smallest absolute Gasteiger partial charge is 0.405 e. The summed E-state index contributed by atoms with van der Waals surface area (Å²) in [4.78, 5) is 10.9. The third-order valence-electron chi connectivity index (χ3n) is 1.64. The topological polar surface area (TPSA) is 35.1 Å². The molecule has 0 N–H and O–H groups in total. The molecule has 12 heavy (non-hydrogen) atoms. The van der Waals surface area contributed by atoms with Crippen molar-refractivity contribution >= 4 is 11.1 Å². The molecule has 0 atom stereocenters. The molecule has 59 valence electrons. The van der Waals surface area contributed by atoms with Gasteiger partial charge in [-0.25, -0.2) is 4.79 Å². The van der Waals surface area contributed by atoms with E-state index in [1.165, 1.54) is 4.57 Å². The van der Waals surface area contributed by atoms with Gasteiger partial charge in [-0.05, 0) is 5.52 Å². The van der Waals surface area contributed by atoms with Gasteiger partial charge < -0.3 is 8.98 Å². The van der Waals surface area contributed by atoms with Crippen molar-refractivity contribution < 1.29 is 37.1 Å². The second-order valence-electron chi connectivity index (χ2n) is 2.32. The van der Waals surface area contributed by atoms with Crippen LogP contribution in [0.15, 0.2) is 27.4 Å². The minimum Gasteiger partial charge on any atom is -0.472 e. The van der Waals surface area contributed by atoms with Crippen molar-refractivity contribution in [2.75, 3.05) is 0 Å². The molecule has 0 amide bonds. The molecule has 0 fully saturated rings. The number of hydrogen-bond acceptors (Lipinski definition) is 2. The molecular formula is C8H6NO2Y-. The van der Waals surface area contributed by atoms with Crippen LogP contribution < -0.4 is 5.76 Å². The number of aromatic nitrogens is 1. The minimum atomic E-state index is -0.334. The van der Waals surface area contributed by atoms with Crippen LogP contribution in [0, 0.1) is 6.07 Å². The number of oxazole rings is 1. The van der Waals surface area contributed by atoms with Crippen molar-refractivity contribution in [3.63, 3.8) is 0 Å². The molecule has 0 saturated carbocycles. The van der Waals surface area contributed by atoms with Gasteiger partial charge in [-0.15, -0.1) is 12.1 Å². The van der Waals surface area contributed by atoms with Crippen molar-refractivity contribution in [2.45, 2.75) is 0 Å². The molecule has 1 radical (unpaired) electrons. The first-order valence-electron chi connectivity index (χ1n) is 3.24. The fourth-order valence-corrected chi connectivity index (χ4v) is 1.03. The monoisotopic (exact) mass is 237 g/mol. The third-order valence-corrected chi connectivity index (χ3v) is 1.64. The van der Waals surface area contributed by atoms with Gasteiger partial charge >= 0.3 is 5.76 Å². The van der Waals surface area contributed by atoms with Crippen LogP contribution >= 0.6 is 0 Å². The van der Waals surface area contributed by atoms with Gasteiger partial charge in [0, 0.05) is 45.3 Å². The summed E-state index contributed by atoms with van der Waals surface area (Å²) in [6.45, 7) is 0. The molecule has 1 heterocycles. The molecule has 0 aliphatic heterocycles. The Morgan fingerprint density at radius 1 is 1.58 bits per heavy atom. The fourth-order valence-electron chi connectivity index (χ4n) is 1.03. The van der Waals surface area contributed by atoms with Gasteiger partial charge in [-0.3, -0.25) is 0 Å². The zero-order valence-electron chi connectivity index (χ0n) is 6.57. The fraction of sp³-hybridized carbons (Fsp3) is 0.125. The summed E-state index contributed by atoms with van der Waals surface area (Å²) in [6.07, 6.45) is 0. The van der Waals surface area contributed by atoms with Crippen molar-refractivity contribution in [1.29, 1.82) is 0 Å². The Morgan fingerprint density at radius 2 is 2.33 bits per heavy atom. The number of aryl methyl sites for hydroxylation is 1. The van der Waals surface area contributed by atoms with Crippen molar-refractivity contribution in [1.82, 2.24) is 4.57 Å². The van der Waals surface area contributed by atoms with E-state index in [4.69, 9.17) is 4.42 Å². The molecule has 0 bridgehead atoms. The molecule has 0 unspecified atom stereocenters. The van der Waals surface area contributed by atoms with Gasteiger partial charge in [0.2, 0.25) is 0 Å². The summed E-state index contributed by atoms with van der Waals surface area (Å²) < 4.78 is 6.34. The van der Waals surface area contributed by atoms with E-state index in [0.29, 0.717) is 5.58 Å². The van der Waals surface area contributed by atoms with Gasteiger partial charge in [0.05, 0.1) is 0 Å². The van der Waals surface area contributed by atoms with Crippen molar-refractivity contribution in [2.24, 2.45) is 7.05 Å². The summed E-state index contributed by atoms with van der Waals surface area (Å²) in [5.74, 6) is -0.334. The number of hydrogen-bond donors (Lipinski definition) is 0. The molecule has 0 spiro atoms. The molecule has 0 aliphatic rings. The summed E-state index contributed by atoms with van der Waals surface area (Å²) in [5, 5.41) is 0. The molecule has 0 saturated heterocycles. The van der Waals surface area contributed by atoms with E-state index in [2.05, 4.69) is 6.07 Å². The molecule has 3 nitrogen and oxygen atoms in total. The minimum absolute atomic E-state index is 0. The average Bonchev–Trinajstić information content (AvgIpc) is 2.30. The zero-order chi connectivity index (χ0) is 7.84. The van der Waals surface area contributed by atoms with Crippen LogP contribution in [0.25, 0.3) is 11.1 Å². The first-order valence-corrected chi connectivity index (χ1v) is 3.24. The molecule has 1 aromatic heterocycles. The number of nitrogens with zero attached hydrogens (tertiary/aromatic N) is 1. The number of rotatable bonds is 0. The average molecular weight is 237 g/mol. The van der Waals surface area contributed by atoms with Gasteiger partial charge in [-0.1, -0.05) is 0 Å². The summed E-state index contributed by atoms with van der Waals surface area (Å²) in [5.41, 5.74) is 1.38. The van der Waals surface area contributed by atoms with Crippen LogP contribution in [0.4, 0.5) is 0 Å². The van der Waals surface area contributed by atoms with Crippen LogP contribution in [-0.2, 0) is 39.8 Å². The van der Waals surface area contributed by atoms with E-state index in [0.717, 1.165) is 5.52 Å². The first-order chi connectivity index (χ1) is 5.29. The maximum atomic E-state index is 10.9. The third kappa shape index (κ3) is 1.39. The normalized spacial score (nSPS) is 9.75. The van der Waals surface area contributed by atoms with E-state index >= 15 is 0 Å². The Labute approximate surface area is 94.2 Å². The van der Waals surface area contributed by atoms with Crippen LogP contribution in [-0.4, -0.2) is 4.57 Å². The van der Waals surface area contributed by atoms with Crippen LogP contribution in [0.3, 0.4) is 0 Å². The largest absolute Gasteiger partial charge is 0.472 e. The Balaban J connectivity index is 0.000000720. The number of benzene rings is 1. The molecule has 2 aromatic rings. The Morgan fingerprint density at radius 3 is 3.00 bits per heavy atom. The maximum Gasteiger partial charge on any atom is 0.405 e. The van der Waals surface area contributed by atoms with E-state index in [-0.39, 0.29) is 38.5 Å². The second kappa shape index (κ2) is 3.54. The zero-order valence-corrected chi connectivity index (χ0v) is 9.41. The quantitative estimate of drug-likeness (QED) is 0.639. The van der Waals surface area contributed by atoms with E-state index in [1.54, 1.807) is 25.2 Å². The summed E-state index contributed by atoms with van der Waals surface area (Å²) >= 11 is 0. The molecule has 2 rings (SSSR count). The van der Waals surface area contributed by atoms with Gasteiger partial charge in [0.15, 0.2) is 0 Å². The van der Waals surface area contributed by atoms with Crippen LogP contribution in [0.1, 0.15) is 0 Å². The number of fused-ring (bicyclic) bond motifs is 1. The Hall–Kier alpha value is -0.406. The Kier molecular flexibility index (Phi) is 2.86. The molecule has 1 aromatic carbocycles. The summed E-state index contributed by atoms with van der Waals surface area (Å²) in [6, 6.07) is 8.02.